The quantitative estimate of drug-likeness (QED) is 0.838. The molecular formula is C18H24N6O. The van der Waals surface area contributed by atoms with Gasteiger partial charge in [0, 0.05) is 64.0 Å². The van der Waals surface area contributed by atoms with Crippen LogP contribution in [0.5, 0.6) is 0 Å². The lowest BCUT2D eigenvalue weighted by Crippen LogP contribution is -2.57. The molecule has 0 unspecified atom stereocenters. The molecule has 4 rings (SSSR count). The van der Waals surface area contributed by atoms with Crippen LogP contribution < -0.4 is 9.80 Å². The number of piperazine rings is 1. The molecule has 2 saturated heterocycles. The largest absolute Gasteiger partial charge is 0.369 e. The minimum absolute atomic E-state index is 0.00598. The molecule has 7 nitrogen and oxygen atoms in total. The highest BCUT2D eigenvalue weighted by Gasteiger charge is 2.35. The van der Waals surface area contributed by atoms with Crippen LogP contribution in [-0.4, -0.2) is 64.3 Å². The highest BCUT2D eigenvalue weighted by molar-refractivity contribution is 5.97. The molecule has 0 aliphatic carbocycles. The molecule has 132 valence electrons. The fourth-order valence-corrected chi connectivity index (χ4v) is 3.85. The van der Waals surface area contributed by atoms with E-state index in [1.807, 2.05) is 42.7 Å². The minimum Gasteiger partial charge on any atom is -0.369 e. The van der Waals surface area contributed by atoms with E-state index in [0.717, 1.165) is 51.3 Å². The number of pyridine rings is 1. The molecule has 0 N–H and O–H groups in total. The summed E-state index contributed by atoms with van der Waals surface area (Å²) in [5, 5.41) is 4.20. The topological polar surface area (TPSA) is 57.5 Å². The summed E-state index contributed by atoms with van der Waals surface area (Å²) in [4.78, 5) is 23.7. The number of nitrogens with zero attached hydrogens (tertiary/aromatic N) is 6. The Bertz CT molecular complexity index is 722. The average Bonchev–Trinajstić information content (AvgIpc) is 3.09. The van der Waals surface area contributed by atoms with Crippen LogP contribution in [0.25, 0.3) is 0 Å². The van der Waals surface area contributed by atoms with E-state index in [1.165, 1.54) is 5.69 Å². The fraction of sp³-hybridized carbons (Fsp3) is 0.500. The molecule has 0 aromatic carbocycles. The SMILES string of the molecule is Cn1cc(N2CCC[C@H](N3CCN(c4ccncc4)CC3)C2=O)cn1. The lowest BCUT2D eigenvalue weighted by Gasteiger charge is -2.42. The number of carbonyl (C=O) groups is 1. The average molecular weight is 340 g/mol. The first-order valence-corrected chi connectivity index (χ1v) is 8.91. The molecule has 2 fully saturated rings. The first kappa shape index (κ1) is 16.1. The third kappa shape index (κ3) is 3.24. The van der Waals surface area contributed by atoms with Crippen molar-refractivity contribution in [3.8, 4) is 0 Å². The number of aryl methyl sites for hydroxylation is 1. The van der Waals surface area contributed by atoms with Crippen molar-refractivity contribution < 1.29 is 4.79 Å². The second-order valence-corrected chi connectivity index (χ2v) is 6.75. The van der Waals surface area contributed by atoms with Crippen molar-refractivity contribution in [3.05, 3.63) is 36.9 Å². The van der Waals surface area contributed by atoms with E-state index in [-0.39, 0.29) is 11.9 Å². The summed E-state index contributed by atoms with van der Waals surface area (Å²) in [6.07, 6.45) is 9.35. The zero-order valence-electron chi connectivity index (χ0n) is 14.6. The maximum absolute atomic E-state index is 13.0. The summed E-state index contributed by atoms with van der Waals surface area (Å²) in [6.45, 7) is 4.51. The molecule has 0 radical (unpaired) electrons. The van der Waals surface area contributed by atoms with E-state index in [4.69, 9.17) is 0 Å². The van der Waals surface area contributed by atoms with E-state index in [0.29, 0.717) is 0 Å². The van der Waals surface area contributed by atoms with Crippen molar-refractivity contribution in [2.45, 2.75) is 18.9 Å². The summed E-state index contributed by atoms with van der Waals surface area (Å²) in [5.41, 5.74) is 2.12. The number of piperidine rings is 1. The fourth-order valence-electron chi connectivity index (χ4n) is 3.85. The van der Waals surface area contributed by atoms with E-state index in [2.05, 4.69) is 19.9 Å². The minimum atomic E-state index is -0.00598. The van der Waals surface area contributed by atoms with Gasteiger partial charge >= 0.3 is 0 Å². The Balaban J connectivity index is 1.41. The van der Waals surface area contributed by atoms with E-state index < -0.39 is 0 Å². The van der Waals surface area contributed by atoms with E-state index in [9.17, 15) is 4.79 Å². The van der Waals surface area contributed by atoms with Gasteiger partial charge in [0.15, 0.2) is 0 Å². The van der Waals surface area contributed by atoms with Gasteiger partial charge in [-0.25, -0.2) is 0 Å². The summed E-state index contributed by atoms with van der Waals surface area (Å²) in [7, 11) is 1.88. The summed E-state index contributed by atoms with van der Waals surface area (Å²) in [5.74, 6) is 0.219. The van der Waals surface area contributed by atoms with Crippen LogP contribution >= 0.6 is 0 Å². The second-order valence-electron chi connectivity index (χ2n) is 6.75. The smallest absolute Gasteiger partial charge is 0.244 e. The first-order valence-electron chi connectivity index (χ1n) is 8.91. The molecule has 2 aromatic rings. The molecule has 0 bridgehead atoms. The molecule has 1 atom stereocenters. The normalized spacial score (nSPS) is 22.4. The van der Waals surface area contributed by atoms with Gasteiger partial charge in [-0.2, -0.15) is 5.10 Å². The van der Waals surface area contributed by atoms with Crippen LogP contribution in [0.1, 0.15) is 12.8 Å². The van der Waals surface area contributed by atoms with Crippen LogP contribution in [0.4, 0.5) is 11.4 Å². The van der Waals surface area contributed by atoms with Crippen LogP contribution in [0.3, 0.4) is 0 Å². The van der Waals surface area contributed by atoms with Crippen molar-refractivity contribution in [1.82, 2.24) is 19.7 Å². The number of carbonyl (C=O) groups excluding carboxylic acids is 1. The van der Waals surface area contributed by atoms with Crippen molar-refractivity contribution >= 4 is 17.3 Å². The van der Waals surface area contributed by atoms with Gasteiger partial charge in [0.05, 0.1) is 17.9 Å². The van der Waals surface area contributed by atoms with E-state index in [1.54, 1.807) is 10.9 Å². The van der Waals surface area contributed by atoms with Crippen molar-refractivity contribution in [2.75, 3.05) is 42.5 Å². The molecule has 0 spiro atoms. The molecule has 0 saturated carbocycles. The van der Waals surface area contributed by atoms with Gasteiger partial charge in [-0.1, -0.05) is 0 Å². The van der Waals surface area contributed by atoms with Crippen molar-refractivity contribution in [2.24, 2.45) is 7.05 Å². The number of aromatic nitrogens is 3. The molecule has 2 aliphatic rings. The Morgan fingerprint density at radius 3 is 2.48 bits per heavy atom. The monoisotopic (exact) mass is 340 g/mol. The predicted molar refractivity (Wildman–Crippen MR) is 96.6 cm³/mol. The van der Waals surface area contributed by atoms with Gasteiger partial charge in [0.1, 0.15) is 0 Å². The van der Waals surface area contributed by atoms with Gasteiger partial charge in [-0.15, -0.1) is 0 Å². The Morgan fingerprint density at radius 1 is 1.04 bits per heavy atom. The number of rotatable bonds is 3. The van der Waals surface area contributed by atoms with Crippen molar-refractivity contribution in [3.63, 3.8) is 0 Å². The Hall–Kier alpha value is -2.41. The lowest BCUT2D eigenvalue weighted by molar-refractivity contribution is -0.125. The molecule has 7 heteroatoms. The summed E-state index contributed by atoms with van der Waals surface area (Å²) < 4.78 is 1.75. The summed E-state index contributed by atoms with van der Waals surface area (Å²) >= 11 is 0. The molecule has 25 heavy (non-hydrogen) atoms. The third-order valence-electron chi connectivity index (χ3n) is 5.20. The highest BCUT2D eigenvalue weighted by atomic mass is 16.2. The Kier molecular flexibility index (Phi) is 4.40. The lowest BCUT2D eigenvalue weighted by atomic mass is 10.0. The van der Waals surface area contributed by atoms with Gasteiger partial charge < -0.3 is 9.80 Å². The number of anilines is 2. The maximum Gasteiger partial charge on any atom is 0.244 e. The molecule has 4 heterocycles. The first-order chi connectivity index (χ1) is 12.2. The standard InChI is InChI=1S/C18H24N6O/c1-21-14-16(13-20-21)24-8-2-3-17(18(24)25)23-11-9-22(10-12-23)15-4-6-19-7-5-15/h4-7,13-14,17H,2-3,8-12H2,1H3/t17-/m0/s1. The van der Waals surface area contributed by atoms with Gasteiger partial charge in [-0.05, 0) is 25.0 Å². The molecule has 2 aliphatic heterocycles. The number of hydrogen-bond donors (Lipinski definition) is 0. The third-order valence-corrected chi connectivity index (χ3v) is 5.20. The number of hydrogen-bond acceptors (Lipinski definition) is 5. The second kappa shape index (κ2) is 6.84. The van der Waals surface area contributed by atoms with Gasteiger partial charge in [0.25, 0.3) is 0 Å². The van der Waals surface area contributed by atoms with Crippen molar-refractivity contribution in [1.29, 1.82) is 0 Å². The van der Waals surface area contributed by atoms with Gasteiger partial charge in [-0.3, -0.25) is 19.4 Å². The predicted octanol–water partition coefficient (Wildman–Crippen LogP) is 1.13. The zero-order chi connectivity index (χ0) is 17.2. The van der Waals surface area contributed by atoms with Crippen LogP contribution in [0.15, 0.2) is 36.9 Å². The van der Waals surface area contributed by atoms with E-state index >= 15 is 0 Å². The molecule has 1 amide bonds. The summed E-state index contributed by atoms with van der Waals surface area (Å²) in [6, 6.07) is 4.09. The zero-order valence-corrected chi connectivity index (χ0v) is 14.6. The molecule has 2 aromatic heterocycles. The Labute approximate surface area is 147 Å². The molecular weight excluding hydrogens is 316 g/mol. The van der Waals surface area contributed by atoms with Crippen LogP contribution in [-0.2, 0) is 11.8 Å². The highest BCUT2D eigenvalue weighted by Crippen LogP contribution is 2.25. The van der Waals surface area contributed by atoms with Crippen LogP contribution in [0, 0.1) is 0 Å². The van der Waals surface area contributed by atoms with Crippen LogP contribution in [0.2, 0.25) is 0 Å². The van der Waals surface area contributed by atoms with Gasteiger partial charge in [0.2, 0.25) is 5.91 Å². The Morgan fingerprint density at radius 2 is 1.80 bits per heavy atom. The number of amides is 1. The maximum atomic E-state index is 13.0.